The normalized spacial score (nSPS) is 28.8. The molecule has 1 saturated carbocycles. The van der Waals surface area contributed by atoms with E-state index in [2.05, 4.69) is 23.5 Å². The molecule has 0 aromatic heterocycles. The number of fused-ring (bicyclic) bond motifs is 1. The highest BCUT2D eigenvalue weighted by Crippen LogP contribution is 2.45. The molecule has 1 saturated heterocycles. The maximum atomic E-state index is 5.62. The fourth-order valence-electron chi connectivity index (χ4n) is 4.33. The van der Waals surface area contributed by atoms with Crippen molar-refractivity contribution in [3.05, 3.63) is 29.3 Å². The Balaban J connectivity index is 1.46. The van der Waals surface area contributed by atoms with Crippen molar-refractivity contribution < 1.29 is 4.74 Å². The summed E-state index contributed by atoms with van der Waals surface area (Å²) in [5, 5.41) is 3.95. The van der Waals surface area contributed by atoms with Crippen LogP contribution in [0, 0.1) is 5.92 Å². The van der Waals surface area contributed by atoms with Crippen molar-refractivity contribution in [2.45, 2.75) is 63.3 Å². The predicted molar refractivity (Wildman–Crippen MR) is 85.9 cm³/mol. The van der Waals surface area contributed by atoms with Crippen molar-refractivity contribution in [1.82, 2.24) is 5.32 Å². The van der Waals surface area contributed by atoms with Gasteiger partial charge in [0.25, 0.3) is 0 Å². The van der Waals surface area contributed by atoms with E-state index in [9.17, 15) is 0 Å². The molecule has 1 aromatic carbocycles. The van der Waals surface area contributed by atoms with Crippen LogP contribution in [0.4, 0.5) is 0 Å². The van der Waals surface area contributed by atoms with E-state index in [-0.39, 0.29) is 0 Å². The minimum atomic E-state index is 0.450. The van der Waals surface area contributed by atoms with Gasteiger partial charge in [-0.1, -0.05) is 25.0 Å². The number of aryl methyl sites for hydroxylation is 1. The molecule has 2 heterocycles. The minimum absolute atomic E-state index is 0.450. The highest BCUT2D eigenvalue weighted by Gasteiger charge is 2.44. The van der Waals surface area contributed by atoms with Crippen molar-refractivity contribution in [2.24, 2.45) is 5.92 Å². The molecule has 2 fully saturated rings. The number of ether oxygens (including phenoxy) is 1. The van der Waals surface area contributed by atoms with Crippen LogP contribution < -0.4 is 10.1 Å². The van der Waals surface area contributed by atoms with Gasteiger partial charge in [-0.25, -0.2) is 0 Å². The van der Waals surface area contributed by atoms with Gasteiger partial charge < -0.3 is 10.1 Å². The van der Waals surface area contributed by atoms with Crippen LogP contribution in [0.3, 0.4) is 0 Å². The molecule has 1 aliphatic carbocycles. The highest BCUT2D eigenvalue weighted by atomic mass is 16.5. The number of hydrogen-bond donors (Lipinski definition) is 1. The van der Waals surface area contributed by atoms with Gasteiger partial charge in [0, 0.05) is 12.0 Å². The summed E-state index contributed by atoms with van der Waals surface area (Å²) in [6.45, 7) is 2.10. The van der Waals surface area contributed by atoms with E-state index in [1.54, 1.807) is 0 Å². The second kappa shape index (κ2) is 5.64. The lowest BCUT2D eigenvalue weighted by atomic mass is 9.82. The third-order valence-electron chi connectivity index (χ3n) is 5.75. The molecule has 3 aliphatic rings. The maximum absolute atomic E-state index is 5.62. The molecule has 2 aliphatic heterocycles. The summed E-state index contributed by atoms with van der Waals surface area (Å²) in [4.78, 5) is 0. The standard InChI is InChI=1S/C19H27NO/c1-2-10-19(17-5-6-17,20-12-3-1)11-8-15-4-7-18-16(14-15)9-13-21-18/h4,7,14,17,20H,1-3,5-6,8-13H2. The van der Waals surface area contributed by atoms with Crippen LogP contribution in [0.25, 0.3) is 0 Å². The molecule has 2 nitrogen and oxygen atoms in total. The maximum Gasteiger partial charge on any atom is 0.122 e. The Bertz CT molecular complexity index is 498. The van der Waals surface area contributed by atoms with Gasteiger partial charge >= 0.3 is 0 Å². The molecular weight excluding hydrogens is 258 g/mol. The van der Waals surface area contributed by atoms with Gasteiger partial charge in [0.1, 0.15) is 5.75 Å². The fraction of sp³-hybridized carbons (Fsp3) is 0.684. The Hall–Kier alpha value is -1.02. The lowest BCUT2D eigenvalue weighted by molar-refractivity contribution is 0.253. The van der Waals surface area contributed by atoms with Gasteiger partial charge in [-0.05, 0) is 68.2 Å². The van der Waals surface area contributed by atoms with E-state index in [0.717, 1.165) is 24.7 Å². The Morgan fingerprint density at radius 3 is 3.05 bits per heavy atom. The second-order valence-corrected chi connectivity index (χ2v) is 7.21. The van der Waals surface area contributed by atoms with Crippen molar-refractivity contribution >= 4 is 0 Å². The molecule has 0 bridgehead atoms. The first-order valence-corrected chi connectivity index (χ1v) is 8.85. The lowest BCUT2D eigenvalue weighted by Crippen LogP contribution is -2.47. The van der Waals surface area contributed by atoms with Crippen LogP contribution in [-0.4, -0.2) is 18.7 Å². The summed E-state index contributed by atoms with van der Waals surface area (Å²) >= 11 is 0. The van der Waals surface area contributed by atoms with Gasteiger partial charge in [0.2, 0.25) is 0 Å². The summed E-state index contributed by atoms with van der Waals surface area (Å²) in [6, 6.07) is 6.85. The largest absolute Gasteiger partial charge is 0.493 e. The molecular formula is C19H27NO. The van der Waals surface area contributed by atoms with E-state index in [1.165, 1.54) is 69.0 Å². The van der Waals surface area contributed by atoms with E-state index in [4.69, 9.17) is 4.74 Å². The van der Waals surface area contributed by atoms with Gasteiger partial charge in [-0.15, -0.1) is 0 Å². The second-order valence-electron chi connectivity index (χ2n) is 7.21. The molecule has 1 atom stereocenters. The summed E-state index contributed by atoms with van der Waals surface area (Å²) in [7, 11) is 0. The van der Waals surface area contributed by atoms with Crippen LogP contribution in [0.1, 0.15) is 56.1 Å². The van der Waals surface area contributed by atoms with Crippen molar-refractivity contribution in [1.29, 1.82) is 0 Å². The van der Waals surface area contributed by atoms with Gasteiger partial charge in [-0.3, -0.25) is 0 Å². The third kappa shape index (κ3) is 2.83. The van der Waals surface area contributed by atoms with Crippen molar-refractivity contribution in [3.63, 3.8) is 0 Å². The fourth-order valence-corrected chi connectivity index (χ4v) is 4.33. The monoisotopic (exact) mass is 285 g/mol. The Kier molecular flexibility index (Phi) is 3.66. The molecule has 1 unspecified atom stereocenters. The SMILES string of the molecule is c1cc2c(cc1CCC1(C3CC3)CCCCCN1)CCO2. The average Bonchev–Trinajstić information content (AvgIpc) is 3.29. The zero-order valence-corrected chi connectivity index (χ0v) is 13.0. The number of benzene rings is 1. The quantitative estimate of drug-likeness (QED) is 0.907. The average molecular weight is 285 g/mol. The van der Waals surface area contributed by atoms with Gasteiger partial charge in [-0.2, -0.15) is 0 Å². The van der Waals surface area contributed by atoms with Crippen LogP contribution in [-0.2, 0) is 12.8 Å². The molecule has 0 radical (unpaired) electrons. The van der Waals surface area contributed by atoms with E-state index < -0.39 is 0 Å². The lowest BCUT2D eigenvalue weighted by Gasteiger charge is -2.34. The number of rotatable bonds is 4. The first-order valence-electron chi connectivity index (χ1n) is 8.85. The molecule has 114 valence electrons. The highest BCUT2D eigenvalue weighted by molar-refractivity contribution is 5.39. The molecule has 1 N–H and O–H groups in total. The molecule has 1 aromatic rings. The zero-order chi connectivity index (χ0) is 14.1. The smallest absolute Gasteiger partial charge is 0.122 e. The van der Waals surface area contributed by atoms with E-state index in [0.29, 0.717) is 5.54 Å². The van der Waals surface area contributed by atoms with E-state index in [1.807, 2.05) is 0 Å². The first-order chi connectivity index (χ1) is 10.4. The van der Waals surface area contributed by atoms with Gasteiger partial charge in [0.15, 0.2) is 0 Å². The van der Waals surface area contributed by atoms with Crippen molar-refractivity contribution in [2.75, 3.05) is 13.2 Å². The summed E-state index contributed by atoms with van der Waals surface area (Å²) in [6.07, 6.45) is 12.1. The molecule has 21 heavy (non-hydrogen) atoms. The van der Waals surface area contributed by atoms with Crippen LogP contribution in [0.5, 0.6) is 5.75 Å². The zero-order valence-electron chi connectivity index (χ0n) is 13.0. The third-order valence-corrected chi connectivity index (χ3v) is 5.75. The molecule has 0 amide bonds. The number of hydrogen-bond acceptors (Lipinski definition) is 2. The van der Waals surface area contributed by atoms with Crippen LogP contribution >= 0.6 is 0 Å². The Morgan fingerprint density at radius 2 is 2.14 bits per heavy atom. The molecule has 4 rings (SSSR count). The summed E-state index contributed by atoms with van der Waals surface area (Å²) in [5.41, 5.74) is 3.37. The number of nitrogens with one attached hydrogen (secondary N) is 1. The molecule has 2 heteroatoms. The van der Waals surface area contributed by atoms with Crippen molar-refractivity contribution in [3.8, 4) is 5.75 Å². The Labute approximate surface area is 128 Å². The predicted octanol–water partition coefficient (Wildman–Crippen LogP) is 3.87. The van der Waals surface area contributed by atoms with E-state index >= 15 is 0 Å². The van der Waals surface area contributed by atoms with Crippen LogP contribution in [0.15, 0.2) is 18.2 Å². The van der Waals surface area contributed by atoms with Crippen LogP contribution in [0.2, 0.25) is 0 Å². The first kappa shape index (κ1) is 13.6. The topological polar surface area (TPSA) is 21.3 Å². The van der Waals surface area contributed by atoms with Gasteiger partial charge in [0.05, 0.1) is 6.61 Å². The summed E-state index contributed by atoms with van der Waals surface area (Å²) < 4.78 is 5.62. The minimum Gasteiger partial charge on any atom is -0.493 e. The molecule has 0 spiro atoms. The summed E-state index contributed by atoms with van der Waals surface area (Å²) in [5.74, 6) is 2.07. The Morgan fingerprint density at radius 1 is 1.19 bits per heavy atom.